The van der Waals surface area contributed by atoms with Gasteiger partial charge in [0.05, 0.1) is 27.0 Å². The fraction of sp³-hybridized carbons (Fsp3) is 0.625. The predicted octanol–water partition coefficient (Wildman–Crippen LogP) is 4.50. The first-order chi connectivity index (χ1) is 16.5. The van der Waals surface area contributed by atoms with Crippen molar-refractivity contribution in [3.8, 4) is 0 Å². The minimum absolute atomic E-state index is 0.310. The molecule has 1 saturated heterocycles. The van der Waals surface area contributed by atoms with Gasteiger partial charge in [0, 0.05) is 38.3 Å². The summed E-state index contributed by atoms with van der Waals surface area (Å²) in [5.74, 6) is 2.49. The summed E-state index contributed by atoms with van der Waals surface area (Å²) in [6, 6.07) is 1.86. The van der Waals surface area contributed by atoms with Crippen molar-refractivity contribution in [1.82, 2.24) is 15.0 Å². The molecule has 0 amide bonds. The molecule has 1 aliphatic heterocycles. The quantitative estimate of drug-likeness (QED) is 0.530. The minimum Gasteiger partial charge on any atom is -0.381 e. The van der Waals surface area contributed by atoms with E-state index in [-0.39, 0.29) is 4.75 Å². The molecule has 1 aliphatic carbocycles. The Hall–Kier alpha value is -1.62. The molecule has 4 rings (SSSR count). The van der Waals surface area contributed by atoms with Crippen LogP contribution in [0.1, 0.15) is 52.4 Å². The summed E-state index contributed by atoms with van der Waals surface area (Å²) in [6.07, 6.45) is 10.3. The summed E-state index contributed by atoms with van der Waals surface area (Å²) in [6.45, 7) is 5.91. The van der Waals surface area contributed by atoms with E-state index in [1.165, 1.54) is 31.0 Å². The van der Waals surface area contributed by atoms with Gasteiger partial charge in [-0.15, -0.1) is 0 Å². The molecule has 2 aromatic rings. The summed E-state index contributed by atoms with van der Waals surface area (Å²) >= 11 is 7.94. The van der Waals surface area contributed by atoms with Crippen LogP contribution in [0.3, 0.4) is 0 Å². The van der Waals surface area contributed by atoms with Crippen LogP contribution in [0, 0.1) is 11.3 Å². The predicted molar refractivity (Wildman–Crippen MR) is 146 cm³/mol. The van der Waals surface area contributed by atoms with E-state index in [1.807, 2.05) is 45.1 Å². The lowest BCUT2D eigenvalue weighted by molar-refractivity contribution is 0.134. The molecule has 2 atom stereocenters. The lowest BCUT2D eigenvalue weighted by atomic mass is 9.68. The summed E-state index contributed by atoms with van der Waals surface area (Å²) in [5, 5.41) is 6.99. The Balaban J connectivity index is 1.43. The molecule has 1 unspecified atom stereocenters. The maximum Gasteiger partial charge on any atom is 0.158 e. The third-order valence-electron chi connectivity index (χ3n) is 7.68. The van der Waals surface area contributed by atoms with Crippen LogP contribution in [0.2, 0.25) is 5.02 Å². The number of nitrogens with two attached hydrogens (primary N) is 2. The topological polar surface area (TPSA) is 114 Å². The van der Waals surface area contributed by atoms with Crippen LogP contribution >= 0.6 is 23.4 Å². The van der Waals surface area contributed by atoms with Crippen LogP contribution < -0.4 is 20.7 Å². The molecular weight excluding hydrogens is 502 g/mol. The number of hydrogen-bond donors (Lipinski definition) is 2. The average molecular weight is 538 g/mol. The minimum atomic E-state index is -1.31. The van der Waals surface area contributed by atoms with Crippen LogP contribution in [-0.4, -0.2) is 51.1 Å². The molecule has 2 aromatic heterocycles. The first-order valence-corrected chi connectivity index (χ1v) is 14.5. The van der Waals surface area contributed by atoms with Crippen LogP contribution in [0.5, 0.6) is 0 Å². The van der Waals surface area contributed by atoms with Crippen molar-refractivity contribution >= 4 is 51.8 Å². The monoisotopic (exact) mass is 537 g/mol. The van der Waals surface area contributed by atoms with Gasteiger partial charge in [0.15, 0.2) is 5.82 Å². The number of piperidine rings is 1. The molecule has 1 spiro atoms. The lowest BCUT2D eigenvalue weighted by Crippen LogP contribution is -2.45. The third kappa shape index (κ3) is 5.55. The number of nitrogens with zero attached hydrogens (tertiary/aromatic N) is 5. The Labute approximate surface area is 220 Å². The van der Waals surface area contributed by atoms with E-state index < -0.39 is 11.0 Å². The maximum absolute atomic E-state index is 12.0. The molecule has 192 valence electrons. The summed E-state index contributed by atoms with van der Waals surface area (Å²) in [5.41, 5.74) is 6.64. The highest BCUT2D eigenvalue weighted by molar-refractivity contribution is 7.99. The average Bonchev–Trinajstić information content (AvgIpc) is 3.17. The highest BCUT2D eigenvalue weighted by Gasteiger charge is 2.47. The zero-order valence-electron chi connectivity index (χ0n) is 21.0. The second-order valence-corrected chi connectivity index (χ2v) is 13.7. The van der Waals surface area contributed by atoms with E-state index in [0.29, 0.717) is 33.0 Å². The highest BCUT2D eigenvalue weighted by atomic mass is 35.5. The molecule has 11 heteroatoms. The van der Waals surface area contributed by atoms with Crippen molar-refractivity contribution in [2.45, 2.75) is 67.0 Å². The van der Waals surface area contributed by atoms with Gasteiger partial charge in [-0.1, -0.05) is 29.8 Å². The Bertz CT molecular complexity index is 1090. The molecule has 1 saturated carbocycles. The van der Waals surface area contributed by atoms with E-state index >= 15 is 0 Å². The van der Waals surface area contributed by atoms with Crippen molar-refractivity contribution in [3.05, 3.63) is 23.5 Å². The summed E-state index contributed by atoms with van der Waals surface area (Å²) < 4.78 is 11.7. The Morgan fingerprint density at radius 1 is 1.29 bits per heavy atom. The number of halogens is 1. The van der Waals surface area contributed by atoms with Crippen molar-refractivity contribution in [3.63, 3.8) is 0 Å². The first-order valence-electron chi connectivity index (χ1n) is 12.1. The van der Waals surface area contributed by atoms with Gasteiger partial charge in [0.25, 0.3) is 0 Å². The zero-order chi connectivity index (χ0) is 25.4. The van der Waals surface area contributed by atoms with Gasteiger partial charge in [-0.25, -0.2) is 19.2 Å². The number of pyridine rings is 1. The Morgan fingerprint density at radius 3 is 2.63 bits per heavy atom. The SMILES string of the molecule is CN(C)c1nccc(Sc2ncc(N3CCC4(CCC[C@@H]4CC(C)(C)S(N)=O)CC3)nc2N)c1Cl. The number of nitrogen functional groups attached to an aromatic ring is 1. The van der Waals surface area contributed by atoms with Crippen molar-refractivity contribution in [2.24, 2.45) is 16.5 Å². The van der Waals surface area contributed by atoms with Crippen molar-refractivity contribution in [2.75, 3.05) is 42.7 Å². The number of hydrogen-bond acceptors (Lipinski definition) is 8. The molecule has 35 heavy (non-hydrogen) atoms. The highest BCUT2D eigenvalue weighted by Crippen LogP contribution is 2.53. The molecule has 4 N–H and O–H groups in total. The Kier molecular flexibility index (Phi) is 7.85. The molecule has 2 aliphatic rings. The van der Waals surface area contributed by atoms with Gasteiger partial charge in [-0.3, -0.25) is 5.14 Å². The van der Waals surface area contributed by atoms with Gasteiger partial charge in [-0.2, -0.15) is 0 Å². The van der Waals surface area contributed by atoms with E-state index in [1.54, 1.807) is 6.20 Å². The van der Waals surface area contributed by atoms with Gasteiger partial charge in [0.2, 0.25) is 0 Å². The van der Waals surface area contributed by atoms with Crippen LogP contribution in [0.25, 0.3) is 0 Å². The van der Waals surface area contributed by atoms with Gasteiger partial charge in [0.1, 0.15) is 16.7 Å². The van der Waals surface area contributed by atoms with Crippen LogP contribution in [0.4, 0.5) is 17.5 Å². The molecular formula is C24H36ClN7OS2. The molecule has 8 nitrogen and oxygen atoms in total. The normalized spacial score (nSPS) is 20.9. The maximum atomic E-state index is 12.0. The fourth-order valence-electron chi connectivity index (χ4n) is 5.57. The number of aromatic nitrogens is 3. The van der Waals surface area contributed by atoms with Crippen LogP contribution in [0.15, 0.2) is 28.4 Å². The standard InChI is InChI=1S/C24H36ClN7OS2/c1-23(2,35(27)33)14-16-6-5-8-24(16)9-12-32(13-10-24)18-15-29-22(20(26)30-18)34-17-7-11-28-21(19(17)25)31(3)4/h7,11,15-16H,5-6,8-10,12-14,27H2,1-4H3,(H2,26,30)/t16-,35?/m1/s1. The summed E-state index contributed by atoms with van der Waals surface area (Å²) in [7, 11) is 2.50. The number of rotatable bonds is 7. The molecule has 2 fully saturated rings. The fourth-order valence-corrected chi connectivity index (χ4v) is 7.10. The largest absolute Gasteiger partial charge is 0.381 e. The van der Waals surface area contributed by atoms with Crippen molar-refractivity contribution < 1.29 is 4.21 Å². The van der Waals surface area contributed by atoms with Crippen LogP contribution in [-0.2, 0) is 11.0 Å². The van der Waals surface area contributed by atoms with E-state index in [2.05, 4.69) is 14.9 Å². The number of anilines is 3. The van der Waals surface area contributed by atoms with Gasteiger partial charge >= 0.3 is 0 Å². The molecule has 0 aromatic carbocycles. The van der Waals surface area contributed by atoms with E-state index in [0.717, 1.165) is 43.1 Å². The van der Waals surface area contributed by atoms with Gasteiger partial charge < -0.3 is 15.5 Å². The zero-order valence-corrected chi connectivity index (χ0v) is 23.3. The second kappa shape index (κ2) is 10.4. The van der Waals surface area contributed by atoms with E-state index in [9.17, 15) is 4.21 Å². The first kappa shape index (κ1) is 26.4. The molecule has 3 heterocycles. The molecule has 0 bridgehead atoms. The molecule has 0 radical (unpaired) electrons. The Morgan fingerprint density at radius 2 is 2.00 bits per heavy atom. The van der Waals surface area contributed by atoms with E-state index in [4.69, 9.17) is 27.5 Å². The third-order valence-corrected chi connectivity index (χ3v) is 10.5. The summed E-state index contributed by atoms with van der Waals surface area (Å²) in [4.78, 5) is 18.6. The lowest BCUT2D eigenvalue weighted by Gasteiger charge is -2.45. The van der Waals surface area contributed by atoms with Gasteiger partial charge in [-0.05, 0) is 63.4 Å². The van der Waals surface area contributed by atoms with Crippen molar-refractivity contribution in [1.29, 1.82) is 0 Å². The smallest absolute Gasteiger partial charge is 0.158 e. The second-order valence-electron chi connectivity index (χ2n) is 10.6.